The van der Waals surface area contributed by atoms with Crippen LogP contribution in [0.2, 0.25) is 0 Å². The molecule has 1 saturated heterocycles. The van der Waals surface area contributed by atoms with Gasteiger partial charge in [0, 0.05) is 19.6 Å². The Morgan fingerprint density at radius 3 is 2.44 bits per heavy atom. The number of likely N-dealkylation sites (tertiary alicyclic amines) is 1. The lowest BCUT2D eigenvalue weighted by atomic mass is 10.0. The average Bonchev–Trinajstić information content (AvgIpc) is 2.52. The summed E-state index contributed by atoms with van der Waals surface area (Å²) in [6, 6.07) is 6.43. The monoisotopic (exact) mass is 219 g/mol. The van der Waals surface area contributed by atoms with Crippen molar-refractivity contribution in [3.05, 3.63) is 34.9 Å². The molecule has 16 heavy (non-hydrogen) atoms. The highest BCUT2D eigenvalue weighted by Gasteiger charge is 2.31. The minimum atomic E-state index is -0.489. The summed E-state index contributed by atoms with van der Waals surface area (Å²) in [5.74, 6) is 0. The fraction of sp³-hybridized carbons (Fsp3) is 0.571. The molecule has 0 saturated carbocycles. The largest absolute Gasteiger partial charge is 0.389 e. The number of β-amino-alcohol motifs (C(OH)–C–C–N with tert-alkyl or cyclic N) is 1. The smallest absolute Gasteiger partial charge is 0.0758 e. The third-order valence-electron chi connectivity index (χ3n) is 3.56. The van der Waals surface area contributed by atoms with Gasteiger partial charge in [-0.15, -0.1) is 0 Å². The fourth-order valence-corrected chi connectivity index (χ4v) is 2.50. The second-order valence-corrected chi connectivity index (χ2v) is 5.33. The molecule has 1 N–H and O–H groups in total. The van der Waals surface area contributed by atoms with Crippen molar-refractivity contribution in [1.82, 2.24) is 4.90 Å². The van der Waals surface area contributed by atoms with Gasteiger partial charge >= 0.3 is 0 Å². The van der Waals surface area contributed by atoms with E-state index in [0.29, 0.717) is 0 Å². The van der Waals surface area contributed by atoms with Crippen LogP contribution in [-0.4, -0.2) is 28.7 Å². The van der Waals surface area contributed by atoms with Gasteiger partial charge in [-0.1, -0.05) is 18.2 Å². The van der Waals surface area contributed by atoms with E-state index in [0.717, 1.165) is 26.1 Å². The van der Waals surface area contributed by atoms with Crippen molar-refractivity contribution in [1.29, 1.82) is 0 Å². The molecule has 1 aliphatic rings. The van der Waals surface area contributed by atoms with Crippen molar-refractivity contribution >= 4 is 0 Å². The zero-order chi connectivity index (χ0) is 11.8. The predicted octanol–water partition coefficient (Wildman–Crippen LogP) is 2.26. The van der Waals surface area contributed by atoms with Crippen molar-refractivity contribution in [3.63, 3.8) is 0 Å². The molecule has 0 bridgehead atoms. The lowest BCUT2D eigenvalue weighted by Gasteiger charge is -2.20. The van der Waals surface area contributed by atoms with Crippen LogP contribution in [0.5, 0.6) is 0 Å². The average molecular weight is 219 g/mol. The maximum absolute atomic E-state index is 9.94. The van der Waals surface area contributed by atoms with E-state index < -0.39 is 5.60 Å². The van der Waals surface area contributed by atoms with Crippen LogP contribution in [0.1, 0.15) is 30.0 Å². The van der Waals surface area contributed by atoms with Crippen molar-refractivity contribution < 1.29 is 5.11 Å². The van der Waals surface area contributed by atoms with E-state index in [2.05, 4.69) is 36.9 Å². The highest BCUT2D eigenvalue weighted by Crippen LogP contribution is 2.24. The molecule has 88 valence electrons. The molecule has 1 aromatic carbocycles. The van der Waals surface area contributed by atoms with E-state index in [1.54, 1.807) is 0 Å². The molecule has 0 amide bonds. The van der Waals surface area contributed by atoms with E-state index in [1.807, 2.05) is 6.92 Å². The number of benzene rings is 1. The molecular weight excluding hydrogens is 198 g/mol. The number of aliphatic hydroxyl groups is 1. The van der Waals surface area contributed by atoms with Crippen LogP contribution in [0, 0.1) is 13.8 Å². The molecule has 2 heteroatoms. The third-order valence-corrected chi connectivity index (χ3v) is 3.56. The van der Waals surface area contributed by atoms with E-state index in [9.17, 15) is 5.11 Å². The minimum absolute atomic E-state index is 0.489. The Balaban J connectivity index is 2.11. The van der Waals surface area contributed by atoms with Gasteiger partial charge in [-0.05, 0) is 43.9 Å². The molecule has 2 rings (SSSR count). The van der Waals surface area contributed by atoms with Crippen molar-refractivity contribution in [2.45, 2.75) is 39.3 Å². The Morgan fingerprint density at radius 2 is 1.94 bits per heavy atom. The van der Waals surface area contributed by atoms with Crippen LogP contribution in [0.15, 0.2) is 18.2 Å². The highest BCUT2D eigenvalue weighted by atomic mass is 16.3. The molecule has 1 aromatic rings. The van der Waals surface area contributed by atoms with Gasteiger partial charge in [0.05, 0.1) is 5.60 Å². The molecule has 1 atom stereocenters. The number of nitrogens with zero attached hydrogens (tertiary/aromatic N) is 1. The van der Waals surface area contributed by atoms with Crippen LogP contribution >= 0.6 is 0 Å². The van der Waals surface area contributed by atoms with E-state index in [4.69, 9.17) is 0 Å². The molecule has 1 fully saturated rings. The van der Waals surface area contributed by atoms with Gasteiger partial charge in [-0.2, -0.15) is 0 Å². The lowest BCUT2D eigenvalue weighted by molar-refractivity contribution is 0.0678. The first-order valence-corrected chi connectivity index (χ1v) is 5.98. The lowest BCUT2D eigenvalue weighted by Crippen LogP contribution is -2.29. The van der Waals surface area contributed by atoms with Gasteiger partial charge in [-0.25, -0.2) is 0 Å². The summed E-state index contributed by atoms with van der Waals surface area (Å²) in [6.07, 6.45) is 0.887. The van der Waals surface area contributed by atoms with E-state index in [-0.39, 0.29) is 0 Å². The van der Waals surface area contributed by atoms with E-state index in [1.165, 1.54) is 16.7 Å². The maximum Gasteiger partial charge on any atom is 0.0758 e. The van der Waals surface area contributed by atoms with E-state index >= 15 is 0 Å². The Labute approximate surface area is 97.9 Å². The normalized spacial score (nSPS) is 26.2. The molecule has 1 aliphatic heterocycles. The number of hydrogen-bond donors (Lipinski definition) is 1. The van der Waals surface area contributed by atoms with Crippen LogP contribution in [0.3, 0.4) is 0 Å². The Kier molecular flexibility index (Phi) is 3.04. The fourth-order valence-electron chi connectivity index (χ4n) is 2.50. The SMILES string of the molecule is Cc1cccc(C)c1CN1CCC(C)(O)C1. The second-order valence-electron chi connectivity index (χ2n) is 5.33. The Hall–Kier alpha value is -0.860. The summed E-state index contributed by atoms with van der Waals surface area (Å²) < 4.78 is 0. The van der Waals surface area contributed by atoms with Crippen LogP contribution in [0.25, 0.3) is 0 Å². The third kappa shape index (κ3) is 2.45. The second kappa shape index (κ2) is 4.19. The zero-order valence-corrected chi connectivity index (χ0v) is 10.5. The maximum atomic E-state index is 9.94. The van der Waals surface area contributed by atoms with Crippen LogP contribution < -0.4 is 0 Å². The van der Waals surface area contributed by atoms with Gasteiger partial charge in [0.25, 0.3) is 0 Å². The standard InChI is InChI=1S/C14H21NO/c1-11-5-4-6-12(2)13(11)9-15-8-7-14(3,16)10-15/h4-6,16H,7-10H2,1-3H3. The highest BCUT2D eigenvalue weighted by molar-refractivity contribution is 5.33. The first kappa shape index (κ1) is 11.6. The predicted molar refractivity (Wildman–Crippen MR) is 66.4 cm³/mol. The van der Waals surface area contributed by atoms with Gasteiger partial charge in [-0.3, -0.25) is 4.90 Å². The van der Waals surface area contributed by atoms with Gasteiger partial charge in [0.1, 0.15) is 0 Å². The number of rotatable bonds is 2. The summed E-state index contributed by atoms with van der Waals surface area (Å²) in [6.45, 7) is 9.01. The number of aryl methyl sites for hydroxylation is 2. The molecule has 1 heterocycles. The van der Waals surface area contributed by atoms with Crippen LogP contribution in [-0.2, 0) is 6.54 Å². The molecule has 1 unspecified atom stereocenters. The molecule has 0 spiro atoms. The van der Waals surface area contributed by atoms with Crippen molar-refractivity contribution in [2.75, 3.05) is 13.1 Å². The molecule has 0 aromatic heterocycles. The quantitative estimate of drug-likeness (QED) is 0.824. The minimum Gasteiger partial charge on any atom is -0.389 e. The Bertz CT molecular complexity index is 364. The summed E-state index contributed by atoms with van der Waals surface area (Å²) in [7, 11) is 0. The van der Waals surface area contributed by atoms with Gasteiger partial charge < -0.3 is 5.11 Å². The summed E-state index contributed by atoms with van der Waals surface area (Å²) in [5, 5.41) is 9.94. The number of hydrogen-bond acceptors (Lipinski definition) is 2. The molecule has 0 radical (unpaired) electrons. The summed E-state index contributed by atoms with van der Waals surface area (Å²) in [4.78, 5) is 2.34. The summed E-state index contributed by atoms with van der Waals surface area (Å²) >= 11 is 0. The molecule has 0 aliphatic carbocycles. The topological polar surface area (TPSA) is 23.5 Å². The zero-order valence-electron chi connectivity index (χ0n) is 10.5. The Morgan fingerprint density at radius 1 is 1.31 bits per heavy atom. The molecular formula is C14H21NO. The summed E-state index contributed by atoms with van der Waals surface area (Å²) in [5.41, 5.74) is 3.63. The van der Waals surface area contributed by atoms with Gasteiger partial charge in [0.2, 0.25) is 0 Å². The van der Waals surface area contributed by atoms with Crippen LogP contribution in [0.4, 0.5) is 0 Å². The first-order valence-electron chi connectivity index (χ1n) is 5.98. The van der Waals surface area contributed by atoms with Crippen molar-refractivity contribution in [3.8, 4) is 0 Å². The first-order chi connectivity index (χ1) is 7.48. The molecule has 2 nitrogen and oxygen atoms in total. The van der Waals surface area contributed by atoms with Gasteiger partial charge in [0.15, 0.2) is 0 Å². The van der Waals surface area contributed by atoms with Crippen molar-refractivity contribution in [2.24, 2.45) is 0 Å².